The summed E-state index contributed by atoms with van der Waals surface area (Å²) in [6.07, 6.45) is 4.14. The number of benzene rings is 2. The summed E-state index contributed by atoms with van der Waals surface area (Å²) in [6.45, 7) is 7.29. The largest absolute Gasteiger partial charge is 0.303 e. The lowest BCUT2D eigenvalue weighted by atomic mass is 9.87. The van der Waals surface area contributed by atoms with E-state index in [0.29, 0.717) is 5.92 Å². The Morgan fingerprint density at radius 1 is 0.944 bits per heavy atom. The molecule has 7 heteroatoms. The van der Waals surface area contributed by atoms with Gasteiger partial charge < -0.3 is 4.90 Å². The predicted octanol–water partition coefficient (Wildman–Crippen LogP) is 6.93. The van der Waals surface area contributed by atoms with Gasteiger partial charge >= 0.3 is 0 Å². The first kappa shape index (κ1) is 24.9. The van der Waals surface area contributed by atoms with Gasteiger partial charge in [-0.25, -0.2) is 8.78 Å². The van der Waals surface area contributed by atoms with Crippen molar-refractivity contribution in [3.8, 4) is 5.82 Å². The average Bonchev–Trinajstić information content (AvgIpc) is 3.22. The number of aromatic nitrogens is 3. The molecule has 0 N–H and O–H groups in total. The van der Waals surface area contributed by atoms with Crippen LogP contribution < -0.4 is 0 Å². The number of piperidine rings is 1. The fourth-order valence-electron chi connectivity index (χ4n) is 5.37. The van der Waals surface area contributed by atoms with E-state index in [1.165, 1.54) is 23.4 Å². The predicted molar refractivity (Wildman–Crippen MR) is 143 cm³/mol. The van der Waals surface area contributed by atoms with Gasteiger partial charge in [-0.1, -0.05) is 6.92 Å². The van der Waals surface area contributed by atoms with Crippen molar-refractivity contribution in [1.29, 1.82) is 0 Å². The van der Waals surface area contributed by atoms with E-state index in [-0.39, 0.29) is 11.6 Å². The molecule has 0 bridgehead atoms. The van der Waals surface area contributed by atoms with Crippen LogP contribution >= 0.6 is 11.8 Å². The van der Waals surface area contributed by atoms with Crippen LogP contribution in [0.25, 0.3) is 16.7 Å². The van der Waals surface area contributed by atoms with E-state index in [0.717, 1.165) is 78.4 Å². The van der Waals surface area contributed by atoms with Gasteiger partial charge in [-0.3, -0.25) is 4.57 Å². The second-order valence-electron chi connectivity index (χ2n) is 9.52. The summed E-state index contributed by atoms with van der Waals surface area (Å²) in [7, 11) is 0. The highest BCUT2D eigenvalue weighted by Crippen LogP contribution is 2.39. The summed E-state index contributed by atoms with van der Waals surface area (Å²) in [4.78, 5) is 3.67. The van der Waals surface area contributed by atoms with E-state index >= 15 is 0 Å². The molecule has 1 fully saturated rings. The molecule has 0 unspecified atom stereocenters. The maximum Gasteiger partial charge on any atom is 0.160 e. The number of thioether (sulfide) groups is 1. The van der Waals surface area contributed by atoms with Gasteiger partial charge in [-0.05, 0) is 124 Å². The highest BCUT2D eigenvalue weighted by atomic mass is 32.2. The number of hydrogen-bond donors (Lipinski definition) is 0. The molecular formula is C29H32F2N4S. The van der Waals surface area contributed by atoms with Crippen LogP contribution in [0.3, 0.4) is 0 Å². The smallest absolute Gasteiger partial charge is 0.160 e. The Morgan fingerprint density at radius 3 is 2.39 bits per heavy atom. The summed E-state index contributed by atoms with van der Waals surface area (Å²) < 4.78 is 29.5. The van der Waals surface area contributed by atoms with Gasteiger partial charge in [-0.2, -0.15) is 5.10 Å². The highest BCUT2D eigenvalue weighted by molar-refractivity contribution is 7.99. The molecule has 2 aromatic heterocycles. The second-order valence-corrected chi connectivity index (χ2v) is 10.7. The summed E-state index contributed by atoms with van der Waals surface area (Å²) in [5.74, 6) is 1.80. The van der Waals surface area contributed by atoms with E-state index in [2.05, 4.69) is 26.6 Å². The van der Waals surface area contributed by atoms with Crippen molar-refractivity contribution < 1.29 is 8.78 Å². The minimum atomic E-state index is -0.233. The van der Waals surface area contributed by atoms with Crippen LogP contribution in [0.2, 0.25) is 0 Å². The first-order chi connectivity index (χ1) is 17.5. The van der Waals surface area contributed by atoms with E-state index in [9.17, 15) is 8.78 Å². The molecule has 3 heterocycles. The van der Waals surface area contributed by atoms with Crippen molar-refractivity contribution in [1.82, 2.24) is 19.7 Å². The molecule has 1 aliphatic heterocycles. The van der Waals surface area contributed by atoms with Gasteiger partial charge in [0.1, 0.15) is 11.6 Å². The van der Waals surface area contributed by atoms with Gasteiger partial charge in [0, 0.05) is 16.0 Å². The van der Waals surface area contributed by atoms with E-state index in [1.54, 1.807) is 23.9 Å². The molecule has 0 amide bonds. The van der Waals surface area contributed by atoms with Crippen LogP contribution in [0, 0.1) is 18.6 Å². The summed E-state index contributed by atoms with van der Waals surface area (Å²) in [5, 5.41) is 9.83. The molecule has 0 saturated carbocycles. The molecule has 1 aliphatic rings. The quantitative estimate of drug-likeness (QED) is 0.192. The molecular weight excluding hydrogens is 474 g/mol. The molecule has 4 aromatic rings. The van der Waals surface area contributed by atoms with Gasteiger partial charge in [-0.15, -0.1) is 16.9 Å². The van der Waals surface area contributed by atoms with Crippen molar-refractivity contribution in [3.63, 3.8) is 0 Å². The zero-order valence-corrected chi connectivity index (χ0v) is 21.7. The van der Waals surface area contributed by atoms with Crippen molar-refractivity contribution >= 4 is 22.7 Å². The van der Waals surface area contributed by atoms with Gasteiger partial charge in [0.05, 0.1) is 11.2 Å². The summed E-state index contributed by atoms with van der Waals surface area (Å²) in [5.41, 5.74) is 4.30. The number of aryl methyl sites for hydroxylation is 1. The summed E-state index contributed by atoms with van der Waals surface area (Å²) >= 11 is 1.79. The number of hydrogen-bond acceptors (Lipinski definition) is 4. The Balaban J connectivity index is 1.29. The molecule has 1 saturated heterocycles. The minimum Gasteiger partial charge on any atom is -0.303 e. The Morgan fingerprint density at radius 2 is 1.69 bits per heavy atom. The maximum absolute atomic E-state index is 14.3. The molecule has 4 nitrogen and oxygen atoms in total. The monoisotopic (exact) mass is 506 g/mol. The third kappa shape index (κ3) is 5.32. The molecule has 0 aliphatic carbocycles. The molecule has 0 spiro atoms. The minimum absolute atomic E-state index is 0.187. The molecule has 2 aromatic carbocycles. The van der Waals surface area contributed by atoms with Crippen LogP contribution in [-0.2, 0) is 6.42 Å². The third-order valence-electron chi connectivity index (χ3n) is 7.12. The van der Waals surface area contributed by atoms with Crippen LogP contribution in [0.1, 0.15) is 49.1 Å². The normalized spacial score (nSPS) is 15.1. The number of halogens is 2. The standard InChI is InChI=1S/C29H32F2N4S/c1-3-26-29(25-11-8-23(31)19-27(25)35(26)28-12-5-20(2)32-33-28)21-13-16-34(17-14-21)15-4-18-36-24-9-6-22(30)7-10-24/h5-12,19,21H,3-4,13-18H2,1-2H3. The van der Waals surface area contributed by atoms with Crippen molar-refractivity contribution in [2.45, 2.75) is 50.3 Å². The zero-order valence-electron chi connectivity index (χ0n) is 20.9. The first-order valence-electron chi connectivity index (χ1n) is 12.8. The Labute approximate surface area is 215 Å². The first-order valence-corrected chi connectivity index (χ1v) is 13.8. The van der Waals surface area contributed by atoms with Crippen LogP contribution in [0.5, 0.6) is 0 Å². The van der Waals surface area contributed by atoms with Gasteiger partial charge in [0.15, 0.2) is 5.82 Å². The number of nitrogens with zero attached hydrogens (tertiary/aromatic N) is 4. The molecule has 0 radical (unpaired) electrons. The maximum atomic E-state index is 14.3. The number of fused-ring (bicyclic) bond motifs is 1. The van der Waals surface area contributed by atoms with E-state index in [1.807, 2.05) is 37.3 Å². The average molecular weight is 507 g/mol. The van der Waals surface area contributed by atoms with Gasteiger partial charge in [0.2, 0.25) is 0 Å². The van der Waals surface area contributed by atoms with Crippen LogP contribution in [0.4, 0.5) is 8.78 Å². The highest BCUT2D eigenvalue weighted by Gasteiger charge is 2.28. The van der Waals surface area contributed by atoms with Gasteiger partial charge in [0.25, 0.3) is 0 Å². The Bertz CT molecular complexity index is 1310. The van der Waals surface area contributed by atoms with Crippen molar-refractivity contribution in [2.24, 2.45) is 0 Å². The summed E-state index contributed by atoms with van der Waals surface area (Å²) in [6, 6.07) is 15.8. The lowest BCUT2D eigenvalue weighted by Gasteiger charge is -2.32. The molecule has 0 atom stereocenters. The Hall–Kier alpha value is -2.77. The second kappa shape index (κ2) is 11.1. The van der Waals surface area contributed by atoms with Crippen LogP contribution in [-0.4, -0.2) is 45.1 Å². The zero-order chi connectivity index (χ0) is 25.1. The third-order valence-corrected chi connectivity index (χ3v) is 8.21. The van der Waals surface area contributed by atoms with E-state index < -0.39 is 0 Å². The number of likely N-dealkylation sites (tertiary alicyclic amines) is 1. The fraction of sp³-hybridized carbons (Fsp3) is 0.379. The molecule has 36 heavy (non-hydrogen) atoms. The topological polar surface area (TPSA) is 34.0 Å². The fourth-order valence-corrected chi connectivity index (χ4v) is 6.21. The SMILES string of the molecule is CCc1c(C2CCN(CCCSc3ccc(F)cc3)CC2)c2ccc(F)cc2n1-c1ccc(C)nn1. The van der Waals surface area contributed by atoms with E-state index in [4.69, 9.17) is 0 Å². The lowest BCUT2D eigenvalue weighted by Crippen LogP contribution is -2.34. The molecule has 5 rings (SSSR count). The lowest BCUT2D eigenvalue weighted by molar-refractivity contribution is 0.213. The van der Waals surface area contributed by atoms with Crippen molar-refractivity contribution in [3.05, 3.63) is 83.2 Å². The van der Waals surface area contributed by atoms with Crippen molar-refractivity contribution in [2.75, 3.05) is 25.4 Å². The Kier molecular flexibility index (Phi) is 7.67. The van der Waals surface area contributed by atoms with Crippen LogP contribution in [0.15, 0.2) is 59.5 Å². The number of rotatable bonds is 8. The molecule has 188 valence electrons.